The van der Waals surface area contributed by atoms with E-state index in [1.165, 1.54) is 5.39 Å². The van der Waals surface area contributed by atoms with E-state index in [1.54, 1.807) is 7.11 Å². The number of unbranched alkanes of at least 4 members (excludes halogenated alkanes) is 1. The van der Waals surface area contributed by atoms with Crippen molar-refractivity contribution in [2.24, 2.45) is 0 Å². The molecule has 27 heavy (non-hydrogen) atoms. The van der Waals surface area contributed by atoms with E-state index >= 15 is 0 Å². The predicted octanol–water partition coefficient (Wildman–Crippen LogP) is 6.06. The number of methoxy groups -OCH3 is 1. The Morgan fingerprint density at radius 3 is 2.48 bits per heavy atom. The maximum atomic E-state index is 12.9. The first-order valence-corrected chi connectivity index (χ1v) is 9.35. The zero-order valence-corrected chi connectivity index (χ0v) is 15.9. The van der Waals surface area contributed by atoms with Crippen molar-refractivity contribution in [2.45, 2.75) is 26.2 Å². The van der Waals surface area contributed by atoms with Crippen molar-refractivity contribution in [3.8, 4) is 5.75 Å². The molecule has 0 unspecified atom stereocenters. The number of anilines is 1. The fourth-order valence-corrected chi connectivity index (χ4v) is 3.07. The summed E-state index contributed by atoms with van der Waals surface area (Å²) < 4.78 is 5.17. The number of hydrogen-bond acceptors (Lipinski definition) is 2. The van der Waals surface area contributed by atoms with Gasteiger partial charge in [-0.2, -0.15) is 0 Å². The molecule has 0 aliphatic rings. The second-order valence-corrected chi connectivity index (χ2v) is 6.52. The molecule has 3 aromatic rings. The molecular formula is C24H25NO2. The molecule has 0 heterocycles. The summed E-state index contributed by atoms with van der Waals surface area (Å²) in [6, 6.07) is 21.8. The fraction of sp³-hybridized carbons (Fsp3) is 0.208. The highest BCUT2D eigenvalue weighted by molar-refractivity contribution is 6.08. The quantitative estimate of drug-likeness (QED) is 0.521. The van der Waals surface area contributed by atoms with Crippen molar-refractivity contribution in [1.29, 1.82) is 0 Å². The third-order valence-electron chi connectivity index (χ3n) is 4.59. The molecule has 1 amide bonds. The molecular weight excluding hydrogens is 334 g/mol. The molecule has 3 aromatic carbocycles. The minimum absolute atomic E-state index is 0.0541. The first-order valence-electron chi connectivity index (χ1n) is 9.35. The van der Waals surface area contributed by atoms with Crippen LogP contribution in [0.1, 0.15) is 31.7 Å². The molecule has 0 bridgehead atoms. The largest absolute Gasteiger partial charge is 0.497 e. The number of fused-ring (bicyclic) bond motifs is 1. The highest BCUT2D eigenvalue weighted by Gasteiger charge is 2.11. The number of rotatable bonds is 7. The van der Waals surface area contributed by atoms with Gasteiger partial charge in [0.15, 0.2) is 0 Å². The topological polar surface area (TPSA) is 38.3 Å². The third-order valence-corrected chi connectivity index (χ3v) is 4.59. The normalized spacial score (nSPS) is 11.4. The van der Waals surface area contributed by atoms with Crippen LogP contribution in [0.4, 0.5) is 5.69 Å². The molecule has 3 heteroatoms. The monoisotopic (exact) mass is 359 g/mol. The highest BCUT2D eigenvalue weighted by atomic mass is 16.5. The zero-order chi connectivity index (χ0) is 19.1. The molecule has 0 aromatic heterocycles. The van der Waals surface area contributed by atoms with Crippen LogP contribution in [0.15, 0.2) is 72.3 Å². The molecule has 138 valence electrons. The lowest BCUT2D eigenvalue weighted by atomic mass is 9.99. The van der Waals surface area contributed by atoms with Gasteiger partial charge in [0.2, 0.25) is 0 Å². The van der Waals surface area contributed by atoms with Crippen molar-refractivity contribution in [3.63, 3.8) is 0 Å². The average molecular weight is 359 g/mol. The summed E-state index contributed by atoms with van der Waals surface area (Å²) >= 11 is 0. The van der Waals surface area contributed by atoms with E-state index < -0.39 is 0 Å². The van der Waals surface area contributed by atoms with Crippen LogP contribution in [-0.4, -0.2) is 13.0 Å². The summed E-state index contributed by atoms with van der Waals surface area (Å²) in [5.74, 6) is 0.715. The second-order valence-electron chi connectivity index (χ2n) is 6.52. The van der Waals surface area contributed by atoms with Crippen LogP contribution in [0.25, 0.3) is 16.8 Å². The SMILES string of the molecule is CCCC/C(=C\c1cccc2ccccc12)C(=O)Nc1ccc(OC)cc1. The van der Waals surface area contributed by atoms with Gasteiger partial charge in [0.05, 0.1) is 7.11 Å². The van der Waals surface area contributed by atoms with E-state index in [0.717, 1.165) is 47.2 Å². The number of amides is 1. The first-order chi connectivity index (χ1) is 13.2. The smallest absolute Gasteiger partial charge is 0.251 e. The molecule has 0 aliphatic carbocycles. The number of hydrogen-bond donors (Lipinski definition) is 1. The summed E-state index contributed by atoms with van der Waals surface area (Å²) in [7, 11) is 1.63. The van der Waals surface area contributed by atoms with Gasteiger partial charge < -0.3 is 10.1 Å². The number of benzene rings is 3. The summed E-state index contributed by atoms with van der Waals surface area (Å²) in [6.45, 7) is 2.14. The van der Waals surface area contributed by atoms with E-state index in [-0.39, 0.29) is 5.91 Å². The van der Waals surface area contributed by atoms with Gasteiger partial charge in [-0.3, -0.25) is 4.79 Å². The second kappa shape index (κ2) is 9.04. The summed E-state index contributed by atoms with van der Waals surface area (Å²) in [5, 5.41) is 5.34. The van der Waals surface area contributed by atoms with Crippen molar-refractivity contribution < 1.29 is 9.53 Å². The standard InChI is InChI=1S/C24H25NO2/c1-3-4-8-20(24(26)25-21-13-15-22(27-2)16-14-21)17-19-11-7-10-18-9-5-6-12-23(18)19/h5-7,9-17H,3-4,8H2,1-2H3,(H,25,26)/b20-17+. The lowest BCUT2D eigenvalue weighted by Gasteiger charge is -2.11. The van der Waals surface area contributed by atoms with Gasteiger partial charge in [-0.15, -0.1) is 0 Å². The Bertz CT molecular complexity index is 937. The van der Waals surface area contributed by atoms with Gasteiger partial charge in [-0.05, 0) is 59.5 Å². The molecule has 1 N–H and O–H groups in total. The number of nitrogens with one attached hydrogen (secondary N) is 1. The van der Waals surface area contributed by atoms with Crippen molar-refractivity contribution >= 4 is 28.4 Å². The third kappa shape index (κ3) is 4.76. The number of ether oxygens (including phenoxy) is 1. The highest BCUT2D eigenvalue weighted by Crippen LogP contribution is 2.23. The van der Waals surface area contributed by atoms with E-state index in [2.05, 4.69) is 36.5 Å². The minimum atomic E-state index is -0.0541. The van der Waals surface area contributed by atoms with E-state index in [4.69, 9.17) is 4.74 Å². The van der Waals surface area contributed by atoms with Crippen molar-refractivity contribution in [3.05, 3.63) is 77.9 Å². The summed E-state index contributed by atoms with van der Waals surface area (Å²) in [4.78, 5) is 12.9. The predicted molar refractivity (Wildman–Crippen MR) is 113 cm³/mol. The molecule has 3 rings (SSSR count). The van der Waals surface area contributed by atoms with Crippen LogP contribution in [0.2, 0.25) is 0 Å². The zero-order valence-electron chi connectivity index (χ0n) is 15.9. The molecule has 0 saturated carbocycles. The van der Waals surface area contributed by atoms with Gasteiger partial charge in [0.1, 0.15) is 5.75 Å². The van der Waals surface area contributed by atoms with Crippen LogP contribution >= 0.6 is 0 Å². The Hall–Kier alpha value is -3.07. The maximum absolute atomic E-state index is 12.9. The van der Waals surface area contributed by atoms with E-state index in [9.17, 15) is 4.79 Å². The van der Waals surface area contributed by atoms with Gasteiger partial charge in [0.25, 0.3) is 5.91 Å². The molecule has 3 nitrogen and oxygen atoms in total. The molecule has 0 aliphatic heterocycles. The lowest BCUT2D eigenvalue weighted by molar-refractivity contribution is -0.112. The maximum Gasteiger partial charge on any atom is 0.251 e. The molecule has 0 saturated heterocycles. The van der Waals surface area contributed by atoms with Crippen LogP contribution in [0, 0.1) is 0 Å². The van der Waals surface area contributed by atoms with Gasteiger partial charge in [-0.25, -0.2) is 0 Å². The molecule has 0 atom stereocenters. The summed E-state index contributed by atoms with van der Waals surface area (Å²) in [6.07, 6.45) is 4.80. The summed E-state index contributed by atoms with van der Waals surface area (Å²) in [5.41, 5.74) is 2.63. The lowest BCUT2D eigenvalue weighted by Crippen LogP contribution is -2.14. The van der Waals surface area contributed by atoms with E-state index in [0.29, 0.717) is 0 Å². The first kappa shape index (κ1) is 18.7. The van der Waals surface area contributed by atoms with Gasteiger partial charge in [0, 0.05) is 11.3 Å². The molecule has 0 spiro atoms. The fourth-order valence-electron chi connectivity index (χ4n) is 3.07. The molecule has 0 fully saturated rings. The van der Waals surface area contributed by atoms with Crippen LogP contribution in [-0.2, 0) is 4.79 Å². The Morgan fingerprint density at radius 1 is 1.00 bits per heavy atom. The van der Waals surface area contributed by atoms with Crippen LogP contribution in [0.3, 0.4) is 0 Å². The Kier molecular flexibility index (Phi) is 6.26. The van der Waals surface area contributed by atoms with Crippen LogP contribution < -0.4 is 10.1 Å². The Labute approximate surface area is 160 Å². The van der Waals surface area contributed by atoms with E-state index in [1.807, 2.05) is 48.5 Å². The Balaban J connectivity index is 1.89. The van der Waals surface area contributed by atoms with Gasteiger partial charge in [-0.1, -0.05) is 55.8 Å². The van der Waals surface area contributed by atoms with Gasteiger partial charge >= 0.3 is 0 Å². The Morgan fingerprint density at radius 2 is 1.74 bits per heavy atom. The number of carbonyl (C=O) groups is 1. The van der Waals surface area contributed by atoms with Crippen molar-refractivity contribution in [2.75, 3.05) is 12.4 Å². The van der Waals surface area contributed by atoms with Crippen LogP contribution in [0.5, 0.6) is 5.75 Å². The average Bonchev–Trinajstić information content (AvgIpc) is 2.71. The number of carbonyl (C=O) groups excluding carboxylic acids is 1. The minimum Gasteiger partial charge on any atom is -0.497 e. The van der Waals surface area contributed by atoms with Crippen molar-refractivity contribution in [1.82, 2.24) is 0 Å². The molecule has 0 radical (unpaired) electrons.